The Morgan fingerprint density at radius 2 is 1.97 bits per heavy atom. The Hall–Kier alpha value is -1.68. The molecule has 1 aliphatic rings. The quantitative estimate of drug-likeness (QED) is 0.306. The van der Waals surface area contributed by atoms with E-state index in [1.807, 2.05) is 43.3 Å². The summed E-state index contributed by atoms with van der Waals surface area (Å²) in [5.74, 6) is 0.807. The summed E-state index contributed by atoms with van der Waals surface area (Å²) in [4.78, 5) is 6.87. The summed E-state index contributed by atoms with van der Waals surface area (Å²) in [6, 6.07) is 18.3. The summed E-state index contributed by atoms with van der Waals surface area (Å²) in [6.45, 7) is 8.13. The number of halogens is 1. The Labute approximate surface area is 202 Å². The van der Waals surface area contributed by atoms with E-state index in [0.717, 1.165) is 31.2 Å². The first-order chi connectivity index (χ1) is 14.7. The fourth-order valence-electron chi connectivity index (χ4n) is 3.54. The topological polar surface area (TPSA) is 66.3 Å². The van der Waals surface area contributed by atoms with Gasteiger partial charge in [0, 0.05) is 13.1 Å². The van der Waals surface area contributed by atoms with Crippen molar-refractivity contribution < 1.29 is 14.6 Å². The summed E-state index contributed by atoms with van der Waals surface area (Å²) in [5, 5.41) is 13.7. The number of aliphatic hydroxyl groups is 1. The summed E-state index contributed by atoms with van der Waals surface area (Å²) in [5.41, 5.74) is 3.54. The number of hydrogen-bond acceptors (Lipinski definition) is 4. The van der Waals surface area contributed by atoms with Gasteiger partial charge in [0.05, 0.1) is 39.0 Å². The van der Waals surface area contributed by atoms with Gasteiger partial charge in [0.1, 0.15) is 6.10 Å². The molecule has 170 valence electrons. The zero-order valence-electron chi connectivity index (χ0n) is 18.4. The fraction of sp³-hybridized carbons (Fsp3) is 0.458. The summed E-state index contributed by atoms with van der Waals surface area (Å²) >= 11 is 0. The molecule has 0 amide bonds. The van der Waals surface area contributed by atoms with Gasteiger partial charge in [0.25, 0.3) is 0 Å². The lowest BCUT2D eigenvalue weighted by molar-refractivity contribution is -0.00856. The van der Waals surface area contributed by atoms with Gasteiger partial charge in [-0.3, -0.25) is 4.99 Å². The van der Waals surface area contributed by atoms with Crippen molar-refractivity contribution in [3.8, 4) is 0 Å². The Morgan fingerprint density at radius 3 is 2.71 bits per heavy atom. The lowest BCUT2D eigenvalue weighted by Crippen LogP contribution is -2.48. The monoisotopic (exact) mass is 539 g/mol. The van der Waals surface area contributed by atoms with Gasteiger partial charge in [0.15, 0.2) is 5.96 Å². The van der Waals surface area contributed by atoms with Crippen LogP contribution < -0.4 is 5.32 Å². The van der Waals surface area contributed by atoms with Gasteiger partial charge < -0.3 is 24.8 Å². The van der Waals surface area contributed by atoms with Crippen molar-refractivity contribution in [3.05, 3.63) is 71.3 Å². The molecule has 0 aliphatic carbocycles. The van der Waals surface area contributed by atoms with Crippen molar-refractivity contribution >= 4 is 29.9 Å². The van der Waals surface area contributed by atoms with E-state index in [1.165, 1.54) is 11.1 Å². The Bertz CT molecular complexity index is 804. The van der Waals surface area contributed by atoms with Crippen LogP contribution in [0, 0.1) is 6.92 Å². The lowest BCUT2D eigenvalue weighted by atomic mass is 10.0. The molecule has 0 spiro atoms. The number of ether oxygens (including phenoxy) is 2. The number of aliphatic hydroxyl groups excluding tert-OH is 1. The van der Waals surface area contributed by atoms with Crippen LogP contribution in [0.2, 0.25) is 0 Å². The van der Waals surface area contributed by atoms with Crippen molar-refractivity contribution in [1.82, 2.24) is 10.2 Å². The first-order valence-electron chi connectivity index (χ1n) is 10.7. The van der Waals surface area contributed by atoms with Crippen molar-refractivity contribution in [3.63, 3.8) is 0 Å². The molecule has 0 saturated carbocycles. The Kier molecular flexibility index (Phi) is 11.3. The minimum absolute atomic E-state index is 0. The highest BCUT2D eigenvalue weighted by Gasteiger charge is 2.25. The molecular formula is C24H34IN3O3. The molecule has 1 saturated heterocycles. The van der Waals surface area contributed by atoms with E-state index in [9.17, 15) is 5.11 Å². The second-order valence-electron chi connectivity index (χ2n) is 7.51. The van der Waals surface area contributed by atoms with Crippen molar-refractivity contribution in [2.75, 3.05) is 39.4 Å². The van der Waals surface area contributed by atoms with Crippen LogP contribution in [0.4, 0.5) is 0 Å². The number of aliphatic imine (C=N–C) groups is 1. The van der Waals surface area contributed by atoms with Crippen LogP contribution in [0.15, 0.2) is 59.6 Å². The van der Waals surface area contributed by atoms with Crippen LogP contribution in [0.3, 0.4) is 0 Å². The SMILES string of the molecule is CCNC(=NCC(O)COCc1ccccc1)N1CCOC(c2ccccc2C)C1.I. The van der Waals surface area contributed by atoms with E-state index < -0.39 is 6.10 Å². The maximum absolute atomic E-state index is 10.3. The van der Waals surface area contributed by atoms with E-state index in [0.29, 0.717) is 19.8 Å². The third-order valence-electron chi connectivity index (χ3n) is 5.11. The first-order valence-corrected chi connectivity index (χ1v) is 10.7. The van der Waals surface area contributed by atoms with Gasteiger partial charge in [0.2, 0.25) is 0 Å². The van der Waals surface area contributed by atoms with Crippen molar-refractivity contribution in [2.24, 2.45) is 4.99 Å². The molecule has 2 N–H and O–H groups in total. The highest BCUT2D eigenvalue weighted by molar-refractivity contribution is 14.0. The number of aryl methyl sites for hydroxylation is 1. The number of nitrogens with one attached hydrogen (secondary N) is 1. The number of nitrogens with zero attached hydrogens (tertiary/aromatic N) is 2. The molecule has 2 atom stereocenters. The van der Waals surface area contributed by atoms with Gasteiger partial charge in [-0.2, -0.15) is 0 Å². The second-order valence-corrected chi connectivity index (χ2v) is 7.51. The van der Waals surface area contributed by atoms with Gasteiger partial charge in [-0.15, -0.1) is 24.0 Å². The van der Waals surface area contributed by atoms with Crippen LogP contribution in [-0.4, -0.2) is 61.5 Å². The van der Waals surface area contributed by atoms with Gasteiger partial charge in [-0.05, 0) is 30.5 Å². The summed E-state index contributed by atoms with van der Waals surface area (Å²) in [6.07, 6.45) is -0.626. The van der Waals surface area contributed by atoms with Crippen molar-refractivity contribution in [2.45, 2.75) is 32.7 Å². The third-order valence-corrected chi connectivity index (χ3v) is 5.11. The van der Waals surface area contributed by atoms with E-state index in [1.54, 1.807) is 0 Å². The standard InChI is InChI=1S/C24H33N3O3.HI/c1-3-25-24(26-15-21(28)18-29-17-20-10-5-4-6-11-20)27-13-14-30-23(16-27)22-12-8-7-9-19(22)2;/h4-12,21,23,28H,3,13-18H2,1-2H3,(H,25,26);1H. The van der Waals surface area contributed by atoms with Crippen molar-refractivity contribution in [1.29, 1.82) is 0 Å². The van der Waals surface area contributed by atoms with E-state index in [-0.39, 0.29) is 36.7 Å². The molecule has 2 unspecified atom stereocenters. The molecule has 2 aromatic carbocycles. The van der Waals surface area contributed by atoms with Gasteiger partial charge in [-0.1, -0.05) is 54.6 Å². The molecule has 0 radical (unpaired) electrons. The number of benzene rings is 2. The summed E-state index contributed by atoms with van der Waals surface area (Å²) in [7, 11) is 0. The predicted molar refractivity (Wildman–Crippen MR) is 135 cm³/mol. The zero-order valence-corrected chi connectivity index (χ0v) is 20.7. The van der Waals surface area contributed by atoms with E-state index in [2.05, 4.69) is 40.3 Å². The molecule has 1 heterocycles. The highest BCUT2D eigenvalue weighted by atomic mass is 127. The molecule has 1 aliphatic heterocycles. The van der Waals surface area contributed by atoms with Crippen LogP contribution in [0.5, 0.6) is 0 Å². The molecule has 6 nitrogen and oxygen atoms in total. The minimum atomic E-state index is -0.643. The smallest absolute Gasteiger partial charge is 0.194 e. The Morgan fingerprint density at radius 1 is 1.23 bits per heavy atom. The van der Waals surface area contributed by atoms with Crippen LogP contribution >= 0.6 is 24.0 Å². The maximum Gasteiger partial charge on any atom is 0.194 e. The normalized spacial score (nSPS) is 17.7. The molecule has 3 rings (SSSR count). The van der Waals surface area contributed by atoms with Gasteiger partial charge in [-0.25, -0.2) is 0 Å². The molecule has 7 heteroatoms. The average Bonchev–Trinajstić information content (AvgIpc) is 2.78. The molecule has 1 fully saturated rings. The molecule has 0 bridgehead atoms. The molecule has 0 aromatic heterocycles. The van der Waals surface area contributed by atoms with E-state index >= 15 is 0 Å². The maximum atomic E-state index is 10.3. The van der Waals surface area contributed by atoms with Crippen LogP contribution in [0.1, 0.15) is 29.7 Å². The number of rotatable bonds is 8. The zero-order chi connectivity index (χ0) is 21.2. The van der Waals surface area contributed by atoms with Gasteiger partial charge >= 0.3 is 0 Å². The van der Waals surface area contributed by atoms with Crippen LogP contribution in [-0.2, 0) is 16.1 Å². The third kappa shape index (κ3) is 8.07. The average molecular weight is 539 g/mol. The molecule has 31 heavy (non-hydrogen) atoms. The van der Waals surface area contributed by atoms with Crippen LogP contribution in [0.25, 0.3) is 0 Å². The number of guanidine groups is 1. The molecular weight excluding hydrogens is 505 g/mol. The lowest BCUT2D eigenvalue weighted by Gasteiger charge is -2.36. The number of morpholine rings is 1. The molecule has 2 aromatic rings. The Balaban J connectivity index is 0.00000341. The largest absolute Gasteiger partial charge is 0.389 e. The minimum Gasteiger partial charge on any atom is -0.389 e. The second kappa shape index (κ2) is 13.7. The highest BCUT2D eigenvalue weighted by Crippen LogP contribution is 2.25. The fourth-order valence-corrected chi connectivity index (χ4v) is 3.54. The first kappa shape index (κ1) is 25.6. The van der Waals surface area contributed by atoms with E-state index in [4.69, 9.17) is 9.47 Å². The summed E-state index contributed by atoms with van der Waals surface area (Å²) < 4.78 is 11.7. The predicted octanol–water partition coefficient (Wildman–Crippen LogP) is 3.53. The number of hydrogen-bond donors (Lipinski definition) is 2.